The van der Waals surface area contributed by atoms with Crippen molar-refractivity contribution in [1.29, 1.82) is 0 Å². The third kappa shape index (κ3) is 2.00. The largest absolute Gasteiger partial charge is 0.308 e. The fourth-order valence-corrected chi connectivity index (χ4v) is 1.45. The van der Waals surface area contributed by atoms with Crippen molar-refractivity contribution in [3.8, 4) is 0 Å². The van der Waals surface area contributed by atoms with Crippen LogP contribution >= 0.6 is 0 Å². The lowest BCUT2D eigenvalue weighted by Crippen LogP contribution is -1.97. The van der Waals surface area contributed by atoms with Crippen LogP contribution in [0.15, 0.2) is 6.58 Å². The molecule has 1 aromatic heterocycles. The van der Waals surface area contributed by atoms with Gasteiger partial charge in [0.05, 0.1) is 5.69 Å². The Kier molecular flexibility index (Phi) is 3.29. The molecule has 1 rings (SSSR count). The highest BCUT2D eigenvalue weighted by Gasteiger charge is 2.07. The highest BCUT2D eigenvalue weighted by atomic mass is 15.1. The molecule has 0 aliphatic carbocycles. The first-order valence-electron chi connectivity index (χ1n) is 4.87. The first-order chi connectivity index (χ1) is 6.20. The van der Waals surface area contributed by atoms with Crippen LogP contribution in [-0.2, 0) is 6.42 Å². The molecule has 0 aromatic carbocycles. The van der Waals surface area contributed by atoms with Gasteiger partial charge in [0.1, 0.15) is 5.82 Å². The molecule has 0 atom stereocenters. The number of imidazole rings is 1. The van der Waals surface area contributed by atoms with E-state index in [9.17, 15) is 0 Å². The van der Waals surface area contributed by atoms with E-state index < -0.39 is 0 Å². The molecule has 0 fully saturated rings. The van der Waals surface area contributed by atoms with E-state index in [1.165, 1.54) is 18.5 Å². The van der Waals surface area contributed by atoms with Gasteiger partial charge in [0.15, 0.2) is 0 Å². The molecular formula is C11H18N2. The predicted octanol–water partition coefficient (Wildman–Crippen LogP) is 2.94. The molecule has 0 amide bonds. The summed E-state index contributed by atoms with van der Waals surface area (Å²) in [4.78, 5) is 4.51. The summed E-state index contributed by atoms with van der Waals surface area (Å²) in [5, 5.41) is 0. The van der Waals surface area contributed by atoms with E-state index in [0.717, 1.165) is 17.9 Å². The summed E-state index contributed by atoms with van der Waals surface area (Å²) >= 11 is 0. The molecule has 0 bridgehead atoms. The summed E-state index contributed by atoms with van der Waals surface area (Å²) in [6, 6.07) is 0. The molecule has 1 aromatic rings. The topological polar surface area (TPSA) is 17.8 Å². The van der Waals surface area contributed by atoms with Crippen LogP contribution in [0, 0.1) is 13.8 Å². The Bertz CT molecular complexity index is 297. The van der Waals surface area contributed by atoms with Crippen molar-refractivity contribution in [3.05, 3.63) is 23.8 Å². The SMILES string of the molecule is C=Cn1c(CCCC)nc(C)c1C. The second-order valence-corrected chi connectivity index (χ2v) is 3.35. The lowest BCUT2D eigenvalue weighted by molar-refractivity contribution is 0.743. The number of aryl methyl sites for hydroxylation is 2. The van der Waals surface area contributed by atoms with Gasteiger partial charge in [-0.15, -0.1) is 0 Å². The van der Waals surface area contributed by atoms with Gasteiger partial charge in [-0.25, -0.2) is 4.98 Å². The Morgan fingerprint density at radius 2 is 2.15 bits per heavy atom. The maximum atomic E-state index is 4.51. The maximum Gasteiger partial charge on any atom is 0.113 e. The second kappa shape index (κ2) is 4.26. The Morgan fingerprint density at radius 3 is 2.69 bits per heavy atom. The van der Waals surface area contributed by atoms with Gasteiger partial charge in [-0.3, -0.25) is 0 Å². The molecule has 1 heterocycles. The number of unbranched alkanes of at least 4 members (excludes halogenated alkanes) is 1. The number of hydrogen-bond donors (Lipinski definition) is 0. The van der Waals surface area contributed by atoms with Crippen molar-refractivity contribution in [2.75, 3.05) is 0 Å². The molecule has 0 saturated carbocycles. The van der Waals surface area contributed by atoms with Crippen LogP contribution in [0.1, 0.15) is 37.0 Å². The minimum absolute atomic E-state index is 1.05. The number of nitrogens with zero attached hydrogens (tertiary/aromatic N) is 2. The summed E-state index contributed by atoms with van der Waals surface area (Å²) in [7, 11) is 0. The van der Waals surface area contributed by atoms with E-state index >= 15 is 0 Å². The van der Waals surface area contributed by atoms with Crippen LogP contribution in [0.5, 0.6) is 0 Å². The zero-order valence-electron chi connectivity index (χ0n) is 8.80. The van der Waals surface area contributed by atoms with Gasteiger partial charge in [-0.1, -0.05) is 19.9 Å². The predicted molar refractivity (Wildman–Crippen MR) is 56.7 cm³/mol. The number of aromatic nitrogens is 2. The number of hydrogen-bond acceptors (Lipinski definition) is 1. The summed E-state index contributed by atoms with van der Waals surface area (Å²) in [6.45, 7) is 10.1. The smallest absolute Gasteiger partial charge is 0.113 e. The molecule has 2 nitrogen and oxygen atoms in total. The lowest BCUT2D eigenvalue weighted by Gasteiger charge is -2.02. The number of rotatable bonds is 4. The molecular weight excluding hydrogens is 160 g/mol. The van der Waals surface area contributed by atoms with Crippen LogP contribution in [0.2, 0.25) is 0 Å². The first-order valence-corrected chi connectivity index (χ1v) is 4.87. The van der Waals surface area contributed by atoms with E-state index in [1.807, 2.05) is 13.1 Å². The van der Waals surface area contributed by atoms with E-state index in [2.05, 4.69) is 30.0 Å². The van der Waals surface area contributed by atoms with Crippen LogP contribution in [-0.4, -0.2) is 9.55 Å². The zero-order chi connectivity index (χ0) is 9.84. The third-order valence-corrected chi connectivity index (χ3v) is 2.40. The average Bonchev–Trinajstić information content (AvgIpc) is 2.39. The maximum absolute atomic E-state index is 4.51. The van der Waals surface area contributed by atoms with Gasteiger partial charge in [0.25, 0.3) is 0 Å². The summed E-state index contributed by atoms with van der Waals surface area (Å²) < 4.78 is 2.09. The van der Waals surface area contributed by atoms with Gasteiger partial charge >= 0.3 is 0 Å². The fourth-order valence-electron chi connectivity index (χ4n) is 1.45. The summed E-state index contributed by atoms with van der Waals surface area (Å²) in [5.41, 5.74) is 2.33. The molecule has 13 heavy (non-hydrogen) atoms. The van der Waals surface area contributed by atoms with Gasteiger partial charge in [0.2, 0.25) is 0 Å². The molecule has 0 saturated heterocycles. The van der Waals surface area contributed by atoms with Crippen LogP contribution in [0.3, 0.4) is 0 Å². The van der Waals surface area contributed by atoms with Crippen molar-refractivity contribution >= 4 is 6.20 Å². The van der Waals surface area contributed by atoms with E-state index in [0.29, 0.717) is 0 Å². The highest BCUT2D eigenvalue weighted by Crippen LogP contribution is 2.12. The Morgan fingerprint density at radius 1 is 1.46 bits per heavy atom. The Hall–Kier alpha value is -1.05. The molecule has 2 heteroatoms. The van der Waals surface area contributed by atoms with E-state index in [1.54, 1.807) is 0 Å². The lowest BCUT2D eigenvalue weighted by atomic mass is 10.2. The van der Waals surface area contributed by atoms with Gasteiger partial charge in [-0.2, -0.15) is 0 Å². The molecule has 0 unspecified atom stereocenters. The van der Waals surface area contributed by atoms with Crippen LogP contribution in [0.4, 0.5) is 0 Å². The van der Waals surface area contributed by atoms with Crippen LogP contribution < -0.4 is 0 Å². The minimum atomic E-state index is 1.05. The van der Waals surface area contributed by atoms with Gasteiger partial charge in [-0.05, 0) is 20.3 Å². The molecule has 0 N–H and O–H groups in total. The Balaban J connectivity index is 2.92. The molecule has 0 aliphatic heterocycles. The van der Waals surface area contributed by atoms with Gasteiger partial charge in [0, 0.05) is 18.3 Å². The quantitative estimate of drug-likeness (QED) is 0.693. The van der Waals surface area contributed by atoms with Crippen molar-refractivity contribution < 1.29 is 0 Å². The second-order valence-electron chi connectivity index (χ2n) is 3.35. The average molecular weight is 178 g/mol. The summed E-state index contributed by atoms with van der Waals surface area (Å²) in [6.07, 6.45) is 5.31. The van der Waals surface area contributed by atoms with Crippen LogP contribution in [0.25, 0.3) is 6.20 Å². The van der Waals surface area contributed by atoms with Gasteiger partial charge < -0.3 is 4.57 Å². The molecule has 0 radical (unpaired) electrons. The Labute approximate surface area is 80.3 Å². The normalized spacial score (nSPS) is 10.4. The third-order valence-electron chi connectivity index (χ3n) is 2.40. The molecule has 0 aliphatic rings. The van der Waals surface area contributed by atoms with Crippen molar-refractivity contribution in [2.45, 2.75) is 40.0 Å². The zero-order valence-corrected chi connectivity index (χ0v) is 8.80. The highest BCUT2D eigenvalue weighted by molar-refractivity contribution is 5.29. The minimum Gasteiger partial charge on any atom is -0.308 e. The molecule has 0 spiro atoms. The van der Waals surface area contributed by atoms with Crippen molar-refractivity contribution in [2.24, 2.45) is 0 Å². The fraction of sp³-hybridized carbons (Fsp3) is 0.545. The first kappa shape index (κ1) is 10.0. The van der Waals surface area contributed by atoms with E-state index in [-0.39, 0.29) is 0 Å². The molecule has 72 valence electrons. The van der Waals surface area contributed by atoms with E-state index in [4.69, 9.17) is 0 Å². The van der Waals surface area contributed by atoms with Crippen molar-refractivity contribution in [1.82, 2.24) is 9.55 Å². The standard InChI is InChI=1S/C11H18N2/c1-5-7-8-11-12-9(3)10(4)13(11)6-2/h6H,2,5,7-8H2,1,3-4H3. The van der Waals surface area contributed by atoms with Crippen molar-refractivity contribution in [3.63, 3.8) is 0 Å². The summed E-state index contributed by atoms with van der Waals surface area (Å²) in [5.74, 6) is 1.15. The monoisotopic (exact) mass is 178 g/mol.